The van der Waals surface area contributed by atoms with Gasteiger partial charge in [0.25, 0.3) is 0 Å². The normalized spacial score (nSPS) is 9.83. The molecule has 0 fully saturated rings. The monoisotopic (exact) mass is 260 g/mol. The van der Waals surface area contributed by atoms with Crippen LogP contribution in [0, 0.1) is 0 Å². The Hall–Kier alpha value is -1.59. The average Bonchev–Trinajstić information content (AvgIpc) is 2.33. The van der Waals surface area contributed by atoms with Crippen LogP contribution in [0.5, 0.6) is 0 Å². The Kier molecular flexibility index (Phi) is 9.62. The lowest BCUT2D eigenvalue weighted by Gasteiger charge is -2.05. The molecule has 6 heteroatoms. The Morgan fingerprint density at radius 3 is 2.00 bits per heavy atom. The number of unbranched alkanes of at least 4 members (excludes halogenated alkanes) is 3. The molecule has 6 nitrogen and oxygen atoms in total. The van der Waals surface area contributed by atoms with E-state index in [4.69, 9.17) is 5.11 Å². The van der Waals surface area contributed by atoms with Crippen molar-refractivity contribution in [3.05, 3.63) is 0 Å². The minimum absolute atomic E-state index is 0.164. The fourth-order valence-electron chi connectivity index (χ4n) is 1.23. The molecule has 0 aromatic rings. The molecule has 104 valence electrons. The van der Waals surface area contributed by atoms with Gasteiger partial charge in [0.05, 0.1) is 0 Å². The van der Waals surface area contributed by atoms with Gasteiger partial charge < -0.3 is 14.6 Å². The van der Waals surface area contributed by atoms with Crippen molar-refractivity contribution in [2.24, 2.45) is 0 Å². The maximum atomic E-state index is 11.1. The summed E-state index contributed by atoms with van der Waals surface area (Å²) in [6.45, 7) is 1.33. The summed E-state index contributed by atoms with van der Waals surface area (Å²) in [6, 6.07) is 0. The van der Waals surface area contributed by atoms with Gasteiger partial charge >= 0.3 is 17.9 Å². The molecule has 0 spiro atoms. The topological polar surface area (TPSA) is 89.9 Å². The number of carboxylic acids is 1. The lowest BCUT2D eigenvalue weighted by Crippen LogP contribution is -2.11. The number of esters is 2. The fourth-order valence-corrected chi connectivity index (χ4v) is 1.23. The van der Waals surface area contributed by atoms with Crippen molar-refractivity contribution >= 4 is 17.9 Å². The Bertz CT molecular complexity index is 274. The van der Waals surface area contributed by atoms with E-state index in [0.717, 1.165) is 12.8 Å². The van der Waals surface area contributed by atoms with E-state index in [0.29, 0.717) is 12.8 Å². The molecule has 0 saturated heterocycles. The van der Waals surface area contributed by atoms with Crippen LogP contribution in [0.15, 0.2) is 0 Å². The zero-order valence-corrected chi connectivity index (χ0v) is 10.6. The second-order valence-corrected chi connectivity index (χ2v) is 3.81. The maximum Gasteiger partial charge on any atom is 0.308 e. The molecule has 1 N–H and O–H groups in total. The van der Waals surface area contributed by atoms with Gasteiger partial charge in [0.2, 0.25) is 6.79 Å². The predicted molar refractivity (Wildman–Crippen MR) is 62.7 cm³/mol. The van der Waals surface area contributed by atoms with Crippen LogP contribution >= 0.6 is 0 Å². The van der Waals surface area contributed by atoms with Crippen LogP contribution in [-0.2, 0) is 23.9 Å². The van der Waals surface area contributed by atoms with Gasteiger partial charge in [-0.15, -0.1) is 0 Å². The first-order valence-electron chi connectivity index (χ1n) is 6.09. The summed E-state index contributed by atoms with van der Waals surface area (Å²) in [7, 11) is 0. The molecule has 0 aromatic carbocycles. The minimum Gasteiger partial charge on any atom is -0.481 e. The van der Waals surface area contributed by atoms with E-state index in [9.17, 15) is 14.4 Å². The summed E-state index contributed by atoms with van der Waals surface area (Å²) in [5.74, 6) is -1.61. The van der Waals surface area contributed by atoms with Gasteiger partial charge in [-0.2, -0.15) is 0 Å². The molecule has 0 saturated carbocycles. The van der Waals surface area contributed by atoms with Crippen molar-refractivity contribution in [1.82, 2.24) is 0 Å². The molecule has 0 radical (unpaired) electrons. The molecule has 0 rings (SSSR count). The van der Waals surface area contributed by atoms with Crippen molar-refractivity contribution in [3.8, 4) is 0 Å². The Morgan fingerprint density at radius 2 is 1.44 bits per heavy atom. The fraction of sp³-hybridized carbons (Fsp3) is 0.750. The molecular formula is C12H20O6. The molecule has 0 aliphatic rings. The number of carbonyl (C=O) groups excluding carboxylic acids is 2. The van der Waals surface area contributed by atoms with Gasteiger partial charge in [-0.05, 0) is 12.8 Å². The second kappa shape index (κ2) is 10.6. The van der Waals surface area contributed by atoms with E-state index in [1.54, 1.807) is 6.92 Å². The number of hydrogen-bond donors (Lipinski definition) is 1. The molecule has 0 aromatic heterocycles. The SMILES string of the molecule is CCC(=O)OCOC(=O)CCCCCCC(=O)O. The van der Waals surface area contributed by atoms with Crippen LogP contribution in [-0.4, -0.2) is 29.8 Å². The largest absolute Gasteiger partial charge is 0.481 e. The standard InChI is InChI=1S/C12H20O6/c1-2-11(15)17-9-18-12(16)8-6-4-3-5-7-10(13)14/h2-9H2,1H3,(H,13,14). The van der Waals surface area contributed by atoms with Crippen LogP contribution in [0.2, 0.25) is 0 Å². The summed E-state index contributed by atoms with van der Waals surface area (Å²) in [4.78, 5) is 32.1. The Labute approximate surface area is 106 Å². The molecular weight excluding hydrogens is 240 g/mol. The van der Waals surface area contributed by atoms with Crippen molar-refractivity contribution in [3.63, 3.8) is 0 Å². The zero-order chi connectivity index (χ0) is 13.8. The first kappa shape index (κ1) is 16.4. The number of carbonyl (C=O) groups is 3. The Balaban J connectivity index is 3.32. The van der Waals surface area contributed by atoms with E-state index in [-0.39, 0.29) is 26.1 Å². The van der Waals surface area contributed by atoms with Crippen molar-refractivity contribution in [2.45, 2.75) is 51.9 Å². The van der Waals surface area contributed by atoms with E-state index in [1.165, 1.54) is 0 Å². The van der Waals surface area contributed by atoms with Gasteiger partial charge in [0, 0.05) is 19.3 Å². The molecule has 0 amide bonds. The third-order valence-electron chi connectivity index (χ3n) is 2.25. The number of aliphatic carboxylic acids is 1. The van der Waals surface area contributed by atoms with Gasteiger partial charge in [-0.3, -0.25) is 14.4 Å². The first-order chi connectivity index (χ1) is 8.56. The molecule has 0 unspecified atom stereocenters. The van der Waals surface area contributed by atoms with E-state index < -0.39 is 17.9 Å². The van der Waals surface area contributed by atoms with Gasteiger partial charge in [-0.25, -0.2) is 0 Å². The summed E-state index contributed by atoms with van der Waals surface area (Å²) in [6.07, 6.45) is 3.52. The van der Waals surface area contributed by atoms with Crippen LogP contribution in [0.3, 0.4) is 0 Å². The molecule has 18 heavy (non-hydrogen) atoms. The lowest BCUT2D eigenvalue weighted by atomic mass is 10.1. The van der Waals surface area contributed by atoms with Gasteiger partial charge in [0.1, 0.15) is 0 Å². The number of rotatable bonds is 10. The summed E-state index contributed by atoms with van der Waals surface area (Å²) in [5.41, 5.74) is 0. The average molecular weight is 260 g/mol. The highest BCUT2D eigenvalue weighted by atomic mass is 16.7. The van der Waals surface area contributed by atoms with Gasteiger partial charge in [-0.1, -0.05) is 19.8 Å². The van der Waals surface area contributed by atoms with Crippen LogP contribution in [0.25, 0.3) is 0 Å². The summed E-state index contributed by atoms with van der Waals surface area (Å²) >= 11 is 0. The number of hydrogen-bond acceptors (Lipinski definition) is 5. The first-order valence-corrected chi connectivity index (χ1v) is 6.09. The smallest absolute Gasteiger partial charge is 0.308 e. The van der Waals surface area contributed by atoms with Crippen molar-refractivity contribution in [2.75, 3.05) is 6.79 Å². The zero-order valence-electron chi connectivity index (χ0n) is 10.6. The molecule has 0 heterocycles. The summed E-state index contributed by atoms with van der Waals surface area (Å²) in [5, 5.41) is 8.40. The third kappa shape index (κ3) is 10.9. The van der Waals surface area contributed by atoms with Crippen molar-refractivity contribution < 1.29 is 29.0 Å². The number of ether oxygens (including phenoxy) is 2. The molecule has 0 bridgehead atoms. The highest BCUT2D eigenvalue weighted by molar-refractivity contribution is 5.70. The highest BCUT2D eigenvalue weighted by Crippen LogP contribution is 2.06. The Morgan fingerprint density at radius 1 is 0.889 bits per heavy atom. The third-order valence-corrected chi connectivity index (χ3v) is 2.25. The van der Waals surface area contributed by atoms with Crippen LogP contribution < -0.4 is 0 Å². The molecule has 0 atom stereocenters. The predicted octanol–water partition coefficient (Wildman–Crippen LogP) is 1.87. The second-order valence-electron chi connectivity index (χ2n) is 3.81. The van der Waals surface area contributed by atoms with E-state index in [1.807, 2.05) is 0 Å². The van der Waals surface area contributed by atoms with E-state index >= 15 is 0 Å². The van der Waals surface area contributed by atoms with Crippen molar-refractivity contribution in [1.29, 1.82) is 0 Å². The molecule has 0 aliphatic carbocycles. The maximum absolute atomic E-state index is 11.1. The van der Waals surface area contributed by atoms with Gasteiger partial charge in [0.15, 0.2) is 0 Å². The van der Waals surface area contributed by atoms with E-state index in [2.05, 4.69) is 9.47 Å². The van der Waals surface area contributed by atoms with Crippen LogP contribution in [0.1, 0.15) is 51.9 Å². The molecule has 0 aliphatic heterocycles. The lowest BCUT2D eigenvalue weighted by molar-refractivity contribution is -0.167. The highest BCUT2D eigenvalue weighted by Gasteiger charge is 2.04. The number of carboxylic acid groups (broad SMARTS) is 1. The minimum atomic E-state index is -0.799. The summed E-state index contributed by atoms with van der Waals surface area (Å²) < 4.78 is 9.27. The quantitative estimate of drug-likeness (QED) is 0.366. The van der Waals surface area contributed by atoms with Crippen LogP contribution in [0.4, 0.5) is 0 Å².